The fraction of sp³-hybridized carbons (Fsp3) is 0.273. The Hall–Kier alpha value is -3.11. The van der Waals surface area contributed by atoms with Gasteiger partial charge in [-0.2, -0.15) is 19.7 Å². The summed E-state index contributed by atoms with van der Waals surface area (Å²) in [5, 5.41) is 21.5. The fourth-order valence-corrected chi connectivity index (χ4v) is 1.58. The van der Waals surface area contributed by atoms with Gasteiger partial charge in [0.2, 0.25) is 5.95 Å². The summed E-state index contributed by atoms with van der Waals surface area (Å²) in [6, 6.07) is 0. The molecule has 1 N–H and O–H groups in total. The summed E-state index contributed by atoms with van der Waals surface area (Å²) in [4.78, 5) is 21.4. The first-order valence-electron chi connectivity index (χ1n) is 6.21. The van der Waals surface area contributed by atoms with Gasteiger partial charge in [0.05, 0.1) is 22.9 Å². The van der Waals surface area contributed by atoms with E-state index in [1.807, 2.05) is 0 Å². The topological polar surface area (TPSA) is 120 Å². The maximum Gasteiger partial charge on any atom is 0.307 e. The molecular weight excluding hydrogens is 297 g/mol. The number of hydrogen-bond acceptors (Lipinski definition) is 6. The van der Waals surface area contributed by atoms with E-state index >= 15 is 0 Å². The molecule has 2 aromatic heterocycles. The first kappa shape index (κ1) is 15.3. The molecule has 116 valence electrons. The molecule has 2 heterocycles. The van der Waals surface area contributed by atoms with Crippen molar-refractivity contribution in [1.82, 2.24) is 25.0 Å². The molecular formula is C11H12FN7O3. The molecule has 0 atom stereocenters. The van der Waals surface area contributed by atoms with Gasteiger partial charge < -0.3 is 0 Å². The molecule has 0 fully saturated rings. The van der Waals surface area contributed by atoms with Crippen LogP contribution in [-0.4, -0.2) is 36.6 Å². The molecule has 10 nitrogen and oxygen atoms in total. The highest BCUT2D eigenvalue weighted by atomic mass is 19.1. The molecule has 22 heavy (non-hydrogen) atoms. The summed E-state index contributed by atoms with van der Waals surface area (Å²) in [6.07, 6.45) is 4.56. The van der Waals surface area contributed by atoms with Crippen molar-refractivity contribution < 1.29 is 14.1 Å². The third kappa shape index (κ3) is 3.50. The first-order valence-corrected chi connectivity index (χ1v) is 6.21. The quantitative estimate of drug-likeness (QED) is 0.467. The molecule has 0 saturated heterocycles. The zero-order valence-electron chi connectivity index (χ0n) is 11.5. The number of amides is 1. The minimum absolute atomic E-state index is 0.136. The summed E-state index contributed by atoms with van der Waals surface area (Å²) < 4.78 is 15.8. The molecule has 0 bridgehead atoms. The van der Waals surface area contributed by atoms with Crippen LogP contribution in [-0.2, 0) is 17.9 Å². The van der Waals surface area contributed by atoms with E-state index in [0.717, 1.165) is 28.0 Å². The highest BCUT2D eigenvalue weighted by Gasteiger charge is 2.11. The number of hydrazone groups is 1. The number of nitrogens with zero attached hydrogens (tertiary/aromatic N) is 6. The summed E-state index contributed by atoms with van der Waals surface area (Å²) in [6.45, 7) is 1.87. The molecule has 1 amide bonds. The SMILES string of the molecule is CCn1ncc(/C=N\NC(=O)Cn2cc([N+](=O)[O-])cn2)c1F. The maximum atomic E-state index is 13.6. The Balaban J connectivity index is 1.90. The molecule has 0 aliphatic carbocycles. The molecule has 11 heteroatoms. The second-order valence-electron chi connectivity index (χ2n) is 4.15. The van der Waals surface area contributed by atoms with E-state index in [1.54, 1.807) is 6.92 Å². The summed E-state index contributed by atoms with van der Waals surface area (Å²) in [5.41, 5.74) is 2.09. The lowest BCUT2D eigenvalue weighted by atomic mass is 10.4. The van der Waals surface area contributed by atoms with Gasteiger partial charge in [-0.1, -0.05) is 0 Å². The Bertz CT molecular complexity index is 721. The molecule has 0 aliphatic rings. The number of nitro groups is 1. The van der Waals surface area contributed by atoms with Gasteiger partial charge in [-0.3, -0.25) is 19.6 Å². The predicted molar refractivity (Wildman–Crippen MR) is 72.5 cm³/mol. The van der Waals surface area contributed by atoms with Crippen molar-refractivity contribution in [2.24, 2.45) is 5.10 Å². The molecule has 0 radical (unpaired) electrons. The van der Waals surface area contributed by atoms with E-state index in [2.05, 4.69) is 20.7 Å². The number of carbonyl (C=O) groups is 1. The van der Waals surface area contributed by atoms with Crippen molar-refractivity contribution >= 4 is 17.8 Å². The van der Waals surface area contributed by atoms with Crippen molar-refractivity contribution in [3.8, 4) is 0 Å². The maximum absolute atomic E-state index is 13.6. The molecule has 0 aliphatic heterocycles. The van der Waals surface area contributed by atoms with Crippen LogP contribution in [0.25, 0.3) is 0 Å². The van der Waals surface area contributed by atoms with E-state index in [1.165, 1.54) is 6.20 Å². The van der Waals surface area contributed by atoms with Gasteiger partial charge in [0.25, 0.3) is 5.91 Å². The van der Waals surface area contributed by atoms with Crippen LogP contribution < -0.4 is 5.43 Å². The van der Waals surface area contributed by atoms with Gasteiger partial charge in [-0.25, -0.2) is 10.1 Å². The Labute approximate surface area is 123 Å². The average Bonchev–Trinajstić information content (AvgIpc) is 3.07. The van der Waals surface area contributed by atoms with Gasteiger partial charge >= 0.3 is 5.69 Å². The summed E-state index contributed by atoms with van der Waals surface area (Å²) in [5.74, 6) is -1.11. The van der Waals surface area contributed by atoms with Crippen LogP contribution in [0.2, 0.25) is 0 Å². The lowest BCUT2D eigenvalue weighted by molar-refractivity contribution is -0.385. The van der Waals surface area contributed by atoms with Crippen LogP contribution in [0.1, 0.15) is 12.5 Å². The van der Waals surface area contributed by atoms with E-state index < -0.39 is 16.8 Å². The molecule has 0 unspecified atom stereocenters. The fourth-order valence-electron chi connectivity index (χ4n) is 1.58. The Morgan fingerprint density at radius 1 is 1.55 bits per heavy atom. The second kappa shape index (κ2) is 6.56. The number of hydrogen-bond donors (Lipinski definition) is 1. The molecule has 2 aromatic rings. The normalized spacial score (nSPS) is 11.0. The zero-order chi connectivity index (χ0) is 16.1. The molecule has 0 aromatic carbocycles. The number of rotatable bonds is 6. The van der Waals surface area contributed by atoms with Crippen molar-refractivity contribution in [1.29, 1.82) is 0 Å². The third-order valence-corrected chi connectivity index (χ3v) is 2.63. The van der Waals surface area contributed by atoms with Crippen LogP contribution in [0.4, 0.5) is 10.1 Å². The number of nitrogens with one attached hydrogen (secondary N) is 1. The average molecular weight is 309 g/mol. The standard InChI is InChI=1S/C11H12FN7O3/c1-2-18-11(12)8(4-15-18)3-13-16-10(20)7-17-6-9(5-14-17)19(21)22/h3-6H,2,7H2,1H3,(H,16,20)/b13-3-. The monoisotopic (exact) mass is 309 g/mol. The van der Waals surface area contributed by atoms with Crippen molar-refractivity contribution in [2.75, 3.05) is 0 Å². The smallest absolute Gasteiger partial charge is 0.271 e. The lowest BCUT2D eigenvalue weighted by Crippen LogP contribution is -2.23. The first-order chi connectivity index (χ1) is 10.5. The van der Waals surface area contributed by atoms with Crippen LogP contribution in [0, 0.1) is 16.1 Å². The highest BCUT2D eigenvalue weighted by molar-refractivity contribution is 5.82. The lowest BCUT2D eigenvalue weighted by Gasteiger charge is -1.99. The van der Waals surface area contributed by atoms with Crippen LogP contribution in [0.5, 0.6) is 0 Å². The van der Waals surface area contributed by atoms with E-state index in [9.17, 15) is 19.3 Å². The van der Waals surface area contributed by atoms with E-state index in [0.29, 0.717) is 6.54 Å². The number of aryl methyl sites for hydroxylation is 1. The molecule has 0 saturated carbocycles. The largest absolute Gasteiger partial charge is 0.307 e. The van der Waals surface area contributed by atoms with Gasteiger partial charge in [0.1, 0.15) is 18.9 Å². The Morgan fingerprint density at radius 2 is 2.32 bits per heavy atom. The minimum Gasteiger partial charge on any atom is -0.271 e. The number of aromatic nitrogens is 4. The van der Waals surface area contributed by atoms with Gasteiger partial charge in [-0.05, 0) is 6.92 Å². The summed E-state index contributed by atoms with van der Waals surface area (Å²) in [7, 11) is 0. The van der Waals surface area contributed by atoms with Crippen molar-refractivity contribution in [3.63, 3.8) is 0 Å². The van der Waals surface area contributed by atoms with Crippen LogP contribution in [0.3, 0.4) is 0 Å². The molecule has 2 rings (SSSR count). The van der Waals surface area contributed by atoms with Crippen LogP contribution in [0.15, 0.2) is 23.7 Å². The highest BCUT2D eigenvalue weighted by Crippen LogP contribution is 2.07. The van der Waals surface area contributed by atoms with Gasteiger partial charge in [0.15, 0.2) is 0 Å². The van der Waals surface area contributed by atoms with Crippen molar-refractivity contribution in [2.45, 2.75) is 20.0 Å². The second-order valence-corrected chi connectivity index (χ2v) is 4.15. The third-order valence-electron chi connectivity index (χ3n) is 2.63. The number of halogens is 1. The van der Waals surface area contributed by atoms with Gasteiger partial charge in [-0.15, -0.1) is 0 Å². The Morgan fingerprint density at radius 3 is 2.91 bits per heavy atom. The minimum atomic E-state index is -0.617. The predicted octanol–water partition coefficient (Wildman–Crippen LogP) is 0.297. The van der Waals surface area contributed by atoms with Crippen LogP contribution >= 0.6 is 0 Å². The van der Waals surface area contributed by atoms with E-state index in [-0.39, 0.29) is 17.8 Å². The molecule has 0 spiro atoms. The van der Waals surface area contributed by atoms with Crippen molar-refractivity contribution in [3.05, 3.63) is 40.2 Å². The number of carbonyl (C=O) groups excluding carboxylic acids is 1. The zero-order valence-corrected chi connectivity index (χ0v) is 11.5. The van der Waals surface area contributed by atoms with E-state index in [4.69, 9.17) is 0 Å². The summed E-state index contributed by atoms with van der Waals surface area (Å²) >= 11 is 0. The Kier molecular flexibility index (Phi) is 4.56. The van der Waals surface area contributed by atoms with Gasteiger partial charge in [0, 0.05) is 6.54 Å².